The van der Waals surface area contributed by atoms with Crippen LogP contribution in [0.1, 0.15) is 0 Å². The molecule has 0 fully saturated rings. The number of aromatic nitrogens is 2. The molecule has 2 aromatic rings. The number of nitrogens with zero attached hydrogens (tertiary/aromatic N) is 2. The zero-order valence-electron chi connectivity index (χ0n) is 9.48. The van der Waals surface area contributed by atoms with Crippen LogP contribution >= 0.6 is 23.4 Å². The van der Waals surface area contributed by atoms with E-state index in [1.54, 1.807) is 13.2 Å². The van der Waals surface area contributed by atoms with Crippen LogP contribution in [0.5, 0.6) is 5.75 Å². The summed E-state index contributed by atoms with van der Waals surface area (Å²) in [7, 11) is 1.64. The van der Waals surface area contributed by atoms with Crippen molar-refractivity contribution < 1.29 is 4.74 Å². The average molecular weight is 267 g/mol. The van der Waals surface area contributed by atoms with E-state index in [4.69, 9.17) is 16.3 Å². The van der Waals surface area contributed by atoms with Gasteiger partial charge in [-0.05, 0) is 18.4 Å². The molecule has 0 unspecified atom stereocenters. The van der Waals surface area contributed by atoms with Crippen molar-refractivity contribution in [3.8, 4) is 17.0 Å². The minimum atomic E-state index is 0.435. The number of halogens is 1. The Kier molecular flexibility index (Phi) is 3.86. The molecule has 1 heterocycles. The summed E-state index contributed by atoms with van der Waals surface area (Å²) in [6.45, 7) is 0. The molecule has 0 saturated carbocycles. The fraction of sp³-hybridized carbons (Fsp3) is 0.167. The molecule has 0 radical (unpaired) electrons. The maximum atomic E-state index is 5.97. The van der Waals surface area contributed by atoms with Crippen molar-refractivity contribution in [1.82, 2.24) is 9.97 Å². The van der Waals surface area contributed by atoms with E-state index >= 15 is 0 Å². The summed E-state index contributed by atoms with van der Waals surface area (Å²) in [5.74, 6) is 0.773. The van der Waals surface area contributed by atoms with Gasteiger partial charge in [0.15, 0.2) is 5.16 Å². The fourth-order valence-electron chi connectivity index (χ4n) is 1.48. The molecule has 0 N–H and O–H groups in total. The Balaban J connectivity index is 2.55. The molecule has 88 valence electrons. The van der Waals surface area contributed by atoms with Crippen molar-refractivity contribution in [3.05, 3.63) is 35.5 Å². The van der Waals surface area contributed by atoms with Crippen molar-refractivity contribution in [2.75, 3.05) is 13.4 Å². The molecular weight excluding hydrogens is 256 g/mol. The van der Waals surface area contributed by atoms with E-state index in [9.17, 15) is 0 Å². The Morgan fingerprint density at radius 3 is 2.71 bits per heavy atom. The largest absolute Gasteiger partial charge is 0.496 e. The molecule has 5 heteroatoms. The zero-order chi connectivity index (χ0) is 12.3. The SMILES string of the molecule is COc1ccccc1-c1cc(Cl)nc(SC)n1. The third-order valence-electron chi connectivity index (χ3n) is 2.24. The van der Waals surface area contributed by atoms with Crippen LogP contribution in [0.25, 0.3) is 11.3 Å². The van der Waals surface area contributed by atoms with E-state index < -0.39 is 0 Å². The van der Waals surface area contributed by atoms with Gasteiger partial charge in [0.1, 0.15) is 10.9 Å². The molecule has 17 heavy (non-hydrogen) atoms. The first-order chi connectivity index (χ1) is 8.24. The Hall–Kier alpha value is -1.26. The van der Waals surface area contributed by atoms with Gasteiger partial charge in [0.05, 0.1) is 12.8 Å². The predicted octanol–water partition coefficient (Wildman–Crippen LogP) is 3.53. The topological polar surface area (TPSA) is 35.0 Å². The van der Waals surface area contributed by atoms with Crippen LogP contribution in [0.4, 0.5) is 0 Å². The van der Waals surface area contributed by atoms with Gasteiger partial charge in [-0.1, -0.05) is 35.5 Å². The molecule has 3 nitrogen and oxygen atoms in total. The lowest BCUT2D eigenvalue weighted by Gasteiger charge is -2.08. The maximum absolute atomic E-state index is 5.97. The molecule has 0 atom stereocenters. The first-order valence-corrected chi connectivity index (χ1v) is 6.57. The van der Waals surface area contributed by atoms with Gasteiger partial charge in [-0.25, -0.2) is 9.97 Å². The van der Waals surface area contributed by atoms with Crippen molar-refractivity contribution in [2.24, 2.45) is 0 Å². The van der Waals surface area contributed by atoms with Gasteiger partial charge in [0, 0.05) is 11.6 Å². The molecule has 0 aliphatic heterocycles. The van der Waals surface area contributed by atoms with Gasteiger partial charge >= 0.3 is 0 Å². The number of rotatable bonds is 3. The monoisotopic (exact) mass is 266 g/mol. The van der Waals surface area contributed by atoms with Gasteiger partial charge < -0.3 is 4.74 Å². The second-order valence-corrected chi connectivity index (χ2v) is 4.42. The minimum absolute atomic E-state index is 0.435. The molecule has 0 spiro atoms. The van der Waals surface area contributed by atoms with Crippen LogP contribution in [0.3, 0.4) is 0 Å². The molecule has 0 saturated heterocycles. The third kappa shape index (κ3) is 2.70. The van der Waals surface area contributed by atoms with E-state index in [1.165, 1.54) is 11.8 Å². The number of hydrogen-bond donors (Lipinski definition) is 0. The van der Waals surface area contributed by atoms with Gasteiger partial charge in [0.25, 0.3) is 0 Å². The Morgan fingerprint density at radius 2 is 2.00 bits per heavy atom. The summed E-state index contributed by atoms with van der Waals surface area (Å²) < 4.78 is 5.30. The highest BCUT2D eigenvalue weighted by Gasteiger charge is 2.09. The van der Waals surface area contributed by atoms with E-state index in [0.717, 1.165) is 17.0 Å². The van der Waals surface area contributed by atoms with Crippen LogP contribution < -0.4 is 4.74 Å². The lowest BCUT2D eigenvalue weighted by molar-refractivity contribution is 0.416. The third-order valence-corrected chi connectivity index (χ3v) is 2.98. The van der Waals surface area contributed by atoms with Crippen LogP contribution in [-0.4, -0.2) is 23.3 Å². The second-order valence-electron chi connectivity index (χ2n) is 3.26. The molecule has 2 rings (SSSR count). The van der Waals surface area contributed by atoms with E-state index in [2.05, 4.69) is 9.97 Å². The quantitative estimate of drug-likeness (QED) is 0.484. The molecular formula is C12H11ClN2OS. The smallest absolute Gasteiger partial charge is 0.189 e. The highest BCUT2D eigenvalue weighted by Crippen LogP contribution is 2.30. The molecule has 0 aliphatic rings. The lowest BCUT2D eigenvalue weighted by atomic mass is 10.1. The first kappa shape index (κ1) is 12.2. The van der Waals surface area contributed by atoms with Crippen molar-refractivity contribution in [2.45, 2.75) is 5.16 Å². The van der Waals surface area contributed by atoms with E-state index in [0.29, 0.717) is 10.3 Å². The Bertz CT molecular complexity index is 534. The first-order valence-electron chi connectivity index (χ1n) is 4.96. The summed E-state index contributed by atoms with van der Waals surface area (Å²) >= 11 is 7.43. The number of benzene rings is 1. The van der Waals surface area contributed by atoms with Crippen LogP contribution in [-0.2, 0) is 0 Å². The van der Waals surface area contributed by atoms with Crippen molar-refractivity contribution >= 4 is 23.4 Å². The normalized spacial score (nSPS) is 10.3. The highest BCUT2D eigenvalue weighted by atomic mass is 35.5. The van der Waals surface area contributed by atoms with E-state index in [-0.39, 0.29) is 0 Å². The van der Waals surface area contributed by atoms with Gasteiger partial charge in [0.2, 0.25) is 0 Å². The molecule has 0 aliphatic carbocycles. The molecule has 1 aromatic carbocycles. The van der Waals surface area contributed by atoms with Gasteiger partial charge in [-0.3, -0.25) is 0 Å². The Labute approximate surface area is 109 Å². The number of ether oxygens (including phenoxy) is 1. The zero-order valence-corrected chi connectivity index (χ0v) is 11.0. The summed E-state index contributed by atoms with van der Waals surface area (Å²) in [4.78, 5) is 8.53. The van der Waals surface area contributed by atoms with Crippen LogP contribution in [0.15, 0.2) is 35.5 Å². The second kappa shape index (κ2) is 5.38. The summed E-state index contributed by atoms with van der Waals surface area (Å²) in [6, 6.07) is 9.43. The van der Waals surface area contributed by atoms with Crippen molar-refractivity contribution in [3.63, 3.8) is 0 Å². The van der Waals surface area contributed by atoms with Crippen LogP contribution in [0.2, 0.25) is 5.15 Å². The minimum Gasteiger partial charge on any atom is -0.496 e. The maximum Gasteiger partial charge on any atom is 0.189 e. The van der Waals surface area contributed by atoms with Gasteiger partial charge in [-0.2, -0.15) is 0 Å². The predicted molar refractivity (Wildman–Crippen MR) is 70.8 cm³/mol. The molecule has 0 bridgehead atoms. The summed E-state index contributed by atoms with van der Waals surface area (Å²) in [6.07, 6.45) is 1.91. The highest BCUT2D eigenvalue weighted by molar-refractivity contribution is 7.98. The number of thioether (sulfide) groups is 1. The number of hydrogen-bond acceptors (Lipinski definition) is 4. The standard InChI is InChI=1S/C12H11ClN2OS/c1-16-10-6-4-3-5-8(10)9-7-11(13)15-12(14-9)17-2/h3-7H,1-2H3. The number of methoxy groups -OCH3 is 1. The average Bonchev–Trinajstić information content (AvgIpc) is 2.37. The molecule has 0 amide bonds. The van der Waals surface area contributed by atoms with Crippen molar-refractivity contribution in [1.29, 1.82) is 0 Å². The number of para-hydroxylation sites is 1. The fourth-order valence-corrected chi connectivity index (χ4v) is 2.10. The van der Waals surface area contributed by atoms with E-state index in [1.807, 2.05) is 30.5 Å². The molecule has 1 aromatic heterocycles. The summed E-state index contributed by atoms with van der Waals surface area (Å²) in [5, 5.41) is 1.09. The van der Waals surface area contributed by atoms with Gasteiger partial charge in [-0.15, -0.1) is 0 Å². The lowest BCUT2D eigenvalue weighted by Crippen LogP contribution is -1.93. The summed E-state index contributed by atoms with van der Waals surface area (Å²) in [5.41, 5.74) is 1.68. The Morgan fingerprint density at radius 1 is 1.24 bits per heavy atom. The van der Waals surface area contributed by atoms with Crippen LogP contribution in [0, 0.1) is 0 Å².